The van der Waals surface area contributed by atoms with E-state index < -0.39 is 27.4 Å². The van der Waals surface area contributed by atoms with Gasteiger partial charge in [-0.25, -0.2) is 8.42 Å². The van der Waals surface area contributed by atoms with Crippen molar-refractivity contribution < 1.29 is 18.1 Å². The fourth-order valence-corrected chi connectivity index (χ4v) is 4.52. The first-order valence-corrected chi connectivity index (χ1v) is 11.3. The Labute approximate surface area is 187 Å². The first kappa shape index (κ1) is 22.4. The quantitative estimate of drug-likeness (QED) is 0.377. The monoisotopic (exact) mass is 503 g/mol. The normalized spacial score (nSPS) is 11.0. The first-order chi connectivity index (χ1) is 14.7. The zero-order chi connectivity index (χ0) is 22.6. The van der Waals surface area contributed by atoms with E-state index in [9.17, 15) is 23.3 Å². The lowest BCUT2D eigenvalue weighted by atomic mass is 10.2. The van der Waals surface area contributed by atoms with E-state index in [1.165, 1.54) is 36.4 Å². The molecule has 8 nitrogen and oxygen atoms in total. The van der Waals surface area contributed by atoms with Crippen molar-refractivity contribution in [3.63, 3.8) is 0 Å². The largest absolute Gasteiger partial charge is 0.325 e. The van der Waals surface area contributed by atoms with Crippen molar-refractivity contribution in [3.8, 4) is 0 Å². The molecule has 0 atom stereocenters. The maximum Gasteiger partial charge on any atom is 0.269 e. The number of aryl methyl sites for hydroxylation is 1. The summed E-state index contributed by atoms with van der Waals surface area (Å²) in [6.07, 6.45) is 0. The Kier molecular flexibility index (Phi) is 6.71. The van der Waals surface area contributed by atoms with Crippen molar-refractivity contribution in [2.75, 3.05) is 16.2 Å². The molecule has 0 radical (unpaired) electrons. The third-order valence-electron chi connectivity index (χ3n) is 4.41. The summed E-state index contributed by atoms with van der Waals surface area (Å²) in [5.41, 5.74) is 1.38. The van der Waals surface area contributed by atoms with E-state index in [0.717, 1.165) is 14.3 Å². The molecule has 0 aliphatic rings. The summed E-state index contributed by atoms with van der Waals surface area (Å²) < 4.78 is 28.3. The summed E-state index contributed by atoms with van der Waals surface area (Å²) in [7, 11) is -4.09. The third-order valence-corrected chi connectivity index (χ3v) is 7.09. The van der Waals surface area contributed by atoms with Crippen molar-refractivity contribution in [1.82, 2.24) is 0 Å². The van der Waals surface area contributed by atoms with Gasteiger partial charge in [0.2, 0.25) is 5.91 Å². The number of anilines is 2. The van der Waals surface area contributed by atoms with E-state index in [2.05, 4.69) is 21.2 Å². The van der Waals surface area contributed by atoms with Gasteiger partial charge < -0.3 is 5.32 Å². The van der Waals surface area contributed by atoms with Crippen LogP contribution >= 0.6 is 15.9 Å². The number of carbonyl (C=O) groups excluding carboxylic acids is 1. The van der Waals surface area contributed by atoms with E-state index in [1.54, 1.807) is 36.4 Å². The number of nitrogens with zero attached hydrogens (tertiary/aromatic N) is 2. The third kappa shape index (κ3) is 5.28. The maximum absolute atomic E-state index is 13.2. The van der Waals surface area contributed by atoms with E-state index in [4.69, 9.17) is 0 Å². The molecule has 0 aliphatic carbocycles. The second-order valence-corrected chi connectivity index (χ2v) is 9.33. The number of nitro groups is 1. The minimum Gasteiger partial charge on any atom is -0.325 e. The molecule has 0 unspecified atom stereocenters. The van der Waals surface area contributed by atoms with Crippen LogP contribution in [0.4, 0.5) is 17.1 Å². The van der Waals surface area contributed by atoms with E-state index in [-0.39, 0.29) is 16.3 Å². The first-order valence-electron chi connectivity index (χ1n) is 9.07. The summed E-state index contributed by atoms with van der Waals surface area (Å²) in [5, 5.41) is 13.6. The lowest BCUT2D eigenvalue weighted by Gasteiger charge is -2.24. The number of halogens is 1. The fraction of sp³-hybridized carbons (Fsp3) is 0.0952. The number of benzene rings is 3. The van der Waals surface area contributed by atoms with Gasteiger partial charge in [-0.2, -0.15) is 0 Å². The predicted octanol–water partition coefficient (Wildman–Crippen LogP) is 4.50. The summed E-state index contributed by atoms with van der Waals surface area (Å²) in [5.74, 6) is -0.556. The molecule has 0 bridgehead atoms. The van der Waals surface area contributed by atoms with E-state index in [1.807, 2.05) is 6.92 Å². The lowest BCUT2D eigenvalue weighted by Crippen LogP contribution is -2.38. The Morgan fingerprint density at radius 1 is 1.06 bits per heavy atom. The molecule has 31 heavy (non-hydrogen) atoms. The summed E-state index contributed by atoms with van der Waals surface area (Å²) in [6, 6.07) is 17.9. The molecule has 0 aliphatic heterocycles. The Bertz CT molecular complexity index is 1220. The smallest absolute Gasteiger partial charge is 0.269 e. The molecule has 1 N–H and O–H groups in total. The molecule has 10 heteroatoms. The molecule has 0 spiro atoms. The predicted molar refractivity (Wildman–Crippen MR) is 122 cm³/mol. The van der Waals surface area contributed by atoms with Gasteiger partial charge in [0, 0.05) is 22.3 Å². The van der Waals surface area contributed by atoms with E-state index in [0.29, 0.717) is 5.69 Å². The molecule has 0 saturated carbocycles. The van der Waals surface area contributed by atoms with Crippen LogP contribution < -0.4 is 9.62 Å². The average molecular weight is 504 g/mol. The minimum atomic E-state index is -4.09. The van der Waals surface area contributed by atoms with Gasteiger partial charge in [-0.15, -0.1) is 0 Å². The number of sulfonamides is 1. The molecule has 3 rings (SSSR count). The highest BCUT2D eigenvalue weighted by molar-refractivity contribution is 9.10. The van der Waals surface area contributed by atoms with E-state index >= 15 is 0 Å². The number of hydrogen-bond acceptors (Lipinski definition) is 5. The highest BCUT2D eigenvalue weighted by Crippen LogP contribution is 2.26. The van der Waals surface area contributed by atoms with Crippen molar-refractivity contribution >= 4 is 48.9 Å². The second-order valence-electron chi connectivity index (χ2n) is 6.61. The lowest BCUT2D eigenvalue weighted by molar-refractivity contribution is -0.384. The second kappa shape index (κ2) is 9.27. The number of carbonyl (C=O) groups is 1. The standard InChI is InChI=1S/C21H18BrN3O5S/c1-15-13-16(7-12-20(15)22)23-21(26)14-24(17-8-10-18(11-9-17)25(27)28)31(29,30)19-5-3-2-4-6-19/h2-13H,14H2,1H3,(H,23,26). The Morgan fingerprint density at radius 3 is 2.29 bits per heavy atom. The molecular formula is C21H18BrN3O5S. The summed E-state index contributed by atoms with van der Waals surface area (Å²) >= 11 is 3.39. The van der Waals surface area contributed by atoms with Crippen molar-refractivity contribution in [3.05, 3.63) is 92.9 Å². The molecule has 0 fully saturated rings. The Balaban J connectivity index is 1.94. The molecule has 0 aromatic heterocycles. The molecular weight excluding hydrogens is 486 g/mol. The van der Waals surface area contributed by atoms with Crippen molar-refractivity contribution in [2.24, 2.45) is 0 Å². The molecule has 3 aromatic carbocycles. The SMILES string of the molecule is Cc1cc(NC(=O)CN(c2ccc([N+](=O)[O-])cc2)S(=O)(=O)c2ccccc2)ccc1Br. The number of nitro benzene ring substituents is 1. The van der Waals surface area contributed by atoms with Gasteiger partial charge in [0.1, 0.15) is 6.54 Å². The molecule has 160 valence electrons. The zero-order valence-electron chi connectivity index (χ0n) is 16.4. The number of hydrogen-bond donors (Lipinski definition) is 1. The van der Waals surface area contributed by atoms with Crippen LogP contribution in [0.25, 0.3) is 0 Å². The highest BCUT2D eigenvalue weighted by Gasteiger charge is 2.27. The van der Waals surface area contributed by atoms with Gasteiger partial charge in [0.05, 0.1) is 15.5 Å². The zero-order valence-corrected chi connectivity index (χ0v) is 18.8. The van der Waals surface area contributed by atoms with Gasteiger partial charge in [-0.1, -0.05) is 34.1 Å². The van der Waals surface area contributed by atoms with Crippen molar-refractivity contribution in [2.45, 2.75) is 11.8 Å². The Morgan fingerprint density at radius 2 is 1.71 bits per heavy atom. The fourth-order valence-electron chi connectivity index (χ4n) is 2.83. The van der Waals surface area contributed by atoms with Crippen LogP contribution in [0, 0.1) is 17.0 Å². The maximum atomic E-state index is 13.2. The summed E-state index contributed by atoms with van der Waals surface area (Å²) in [4.78, 5) is 23.1. The highest BCUT2D eigenvalue weighted by atomic mass is 79.9. The van der Waals surface area contributed by atoms with Crippen LogP contribution in [0.1, 0.15) is 5.56 Å². The summed E-state index contributed by atoms with van der Waals surface area (Å²) in [6.45, 7) is 1.35. The van der Waals surface area contributed by atoms with Crippen LogP contribution in [-0.2, 0) is 14.8 Å². The number of rotatable bonds is 7. The van der Waals surface area contributed by atoms with Crippen molar-refractivity contribution in [1.29, 1.82) is 0 Å². The van der Waals surface area contributed by atoms with Gasteiger partial charge in [0.25, 0.3) is 15.7 Å². The van der Waals surface area contributed by atoms with Crippen LogP contribution in [0.15, 0.2) is 82.2 Å². The number of non-ortho nitro benzene ring substituents is 1. The van der Waals surface area contributed by atoms with Gasteiger partial charge in [0.15, 0.2) is 0 Å². The Hall–Kier alpha value is -3.24. The number of nitrogens with one attached hydrogen (secondary N) is 1. The molecule has 0 saturated heterocycles. The molecule has 3 aromatic rings. The van der Waals surface area contributed by atoms with Crippen LogP contribution in [0.2, 0.25) is 0 Å². The van der Waals surface area contributed by atoms with Crippen LogP contribution in [0.3, 0.4) is 0 Å². The average Bonchev–Trinajstić information content (AvgIpc) is 2.75. The van der Waals surface area contributed by atoms with Gasteiger partial charge >= 0.3 is 0 Å². The molecule has 1 amide bonds. The van der Waals surface area contributed by atoms with Gasteiger partial charge in [-0.05, 0) is 55.0 Å². The van der Waals surface area contributed by atoms with Crippen LogP contribution in [-0.4, -0.2) is 25.8 Å². The number of amides is 1. The molecule has 0 heterocycles. The van der Waals surface area contributed by atoms with Gasteiger partial charge in [-0.3, -0.25) is 19.2 Å². The van der Waals surface area contributed by atoms with Crippen LogP contribution in [0.5, 0.6) is 0 Å². The minimum absolute atomic E-state index is 0.000592. The topological polar surface area (TPSA) is 110 Å².